The monoisotopic (exact) mass is 182 g/mol. The summed E-state index contributed by atoms with van der Waals surface area (Å²) in [5.41, 5.74) is 0.00782. The molecule has 1 aliphatic rings. The van der Waals surface area contributed by atoms with Gasteiger partial charge in [0.15, 0.2) is 5.70 Å². The summed E-state index contributed by atoms with van der Waals surface area (Å²) in [4.78, 5) is 11.2. The molecule has 0 saturated heterocycles. The highest BCUT2D eigenvalue weighted by atomic mass is 16.5. The summed E-state index contributed by atoms with van der Waals surface area (Å²) >= 11 is 0. The summed E-state index contributed by atoms with van der Waals surface area (Å²) in [7, 11) is 0. The minimum atomic E-state index is -0.386. The second-order valence-electron chi connectivity index (χ2n) is 3.16. The summed E-state index contributed by atoms with van der Waals surface area (Å²) in [5.74, 6) is -0.386. The molecule has 4 heteroatoms. The van der Waals surface area contributed by atoms with Crippen molar-refractivity contribution in [1.29, 1.82) is 0 Å². The van der Waals surface area contributed by atoms with E-state index in [-0.39, 0.29) is 11.5 Å². The molecule has 1 atom stereocenters. The number of nitrogens with zero attached hydrogens (tertiary/aromatic N) is 2. The van der Waals surface area contributed by atoms with Crippen molar-refractivity contribution in [3.8, 4) is 0 Å². The Bertz CT molecular complexity index is 271. The highest BCUT2D eigenvalue weighted by Gasteiger charge is 2.27. The Morgan fingerprint density at radius 3 is 2.77 bits per heavy atom. The smallest absolute Gasteiger partial charge is 0.358 e. The van der Waals surface area contributed by atoms with E-state index in [0.29, 0.717) is 12.3 Å². The molecule has 0 saturated carbocycles. The van der Waals surface area contributed by atoms with Crippen LogP contribution in [-0.4, -0.2) is 18.1 Å². The van der Waals surface area contributed by atoms with Crippen LogP contribution in [0.15, 0.2) is 22.0 Å². The first-order chi connectivity index (χ1) is 6.11. The second-order valence-corrected chi connectivity index (χ2v) is 3.16. The van der Waals surface area contributed by atoms with Crippen LogP contribution in [-0.2, 0) is 9.53 Å². The minimum Gasteiger partial charge on any atom is -0.461 e. The van der Waals surface area contributed by atoms with Crippen molar-refractivity contribution < 1.29 is 9.53 Å². The number of hydrogen-bond donors (Lipinski definition) is 0. The van der Waals surface area contributed by atoms with E-state index in [1.165, 1.54) is 0 Å². The van der Waals surface area contributed by atoms with Crippen molar-refractivity contribution in [2.24, 2.45) is 10.2 Å². The second kappa shape index (κ2) is 3.68. The number of rotatable bonds is 3. The van der Waals surface area contributed by atoms with Gasteiger partial charge in [-0.15, -0.1) is 5.11 Å². The van der Waals surface area contributed by atoms with Crippen LogP contribution in [0.3, 0.4) is 0 Å². The maximum atomic E-state index is 11.2. The van der Waals surface area contributed by atoms with Crippen LogP contribution in [0.25, 0.3) is 0 Å². The van der Waals surface area contributed by atoms with Gasteiger partial charge in [-0.25, -0.2) is 4.79 Å². The molecule has 4 nitrogen and oxygen atoms in total. The highest BCUT2D eigenvalue weighted by molar-refractivity contribution is 5.88. The highest BCUT2D eigenvalue weighted by Crippen LogP contribution is 2.26. The van der Waals surface area contributed by atoms with Gasteiger partial charge in [-0.05, 0) is 26.3 Å². The Hall–Kier alpha value is -1.19. The SMILES string of the molecule is CCOC(=O)C1=CC(C)(CC)N=N1. The standard InChI is InChI=1S/C9H14N2O2/c1-4-9(3)6-7(10-11-9)8(12)13-5-2/h6H,4-5H2,1-3H3. The third kappa shape index (κ3) is 2.14. The third-order valence-electron chi connectivity index (χ3n) is 2.03. The average Bonchev–Trinajstić information content (AvgIpc) is 2.50. The molecule has 1 rings (SSSR count). The maximum Gasteiger partial charge on any atom is 0.358 e. The number of carbonyl (C=O) groups excluding carboxylic acids is 1. The molecule has 0 spiro atoms. The quantitative estimate of drug-likeness (QED) is 0.627. The number of hydrogen-bond acceptors (Lipinski definition) is 4. The van der Waals surface area contributed by atoms with Gasteiger partial charge < -0.3 is 4.74 Å². The molecule has 0 aromatic carbocycles. The number of carbonyl (C=O) groups is 1. The van der Waals surface area contributed by atoms with Crippen molar-refractivity contribution in [2.45, 2.75) is 32.7 Å². The molecule has 0 amide bonds. The average molecular weight is 182 g/mol. The molecule has 0 radical (unpaired) electrons. The molecule has 1 aliphatic heterocycles. The van der Waals surface area contributed by atoms with Gasteiger partial charge in [0, 0.05) is 0 Å². The maximum absolute atomic E-state index is 11.2. The van der Waals surface area contributed by atoms with Crippen LogP contribution in [0.2, 0.25) is 0 Å². The van der Waals surface area contributed by atoms with E-state index >= 15 is 0 Å². The van der Waals surface area contributed by atoms with Crippen molar-refractivity contribution in [1.82, 2.24) is 0 Å². The molecule has 72 valence electrons. The summed E-state index contributed by atoms with van der Waals surface area (Å²) in [6.45, 7) is 6.07. The van der Waals surface area contributed by atoms with Crippen LogP contribution in [0, 0.1) is 0 Å². The molecule has 0 bridgehead atoms. The van der Waals surface area contributed by atoms with Crippen LogP contribution < -0.4 is 0 Å². The predicted octanol–water partition coefficient (Wildman–Crippen LogP) is 2.07. The van der Waals surface area contributed by atoms with Gasteiger partial charge in [0.05, 0.1) is 12.1 Å². The summed E-state index contributed by atoms with van der Waals surface area (Å²) in [6, 6.07) is 0. The van der Waals surface area contributed by atoms with Gasteiger partial charge in [-0.2, -0.15) is 5.11 Å². The fraction of sp³-hybridized carbons (Fsp3) is 0.667. The van der Waals surface area contributed by atoms with Crippen LogP contribution >= 0.6 is 0 Å². The fourth-order valence-corrected chi connectivity index (χ4v) is 0.998. The van der Waals surface area contributed by atoms with Crippen LogP contribution in [0.5, 0.6) is 0 Å². The Morgan fingerprint density at radius 2 is 2.31 bits per heavy atom. The normalized spacial score (nSPS) is 25.9. The summed E-state index contributed by atoms with van der Waals surface area (Å²) < 4.78 is 4.80. The van der Waals surface area contributed by atoms with Crippen molar-refractivity contribution in [3.63, 3.8) is 0 Å². The first kappa shape index (κ1) is 9.89. The van der Waals surface area contributed by atoms with Crippen molar-refractivity contribution in [3.05, 3.63) is 11.8 Å². The van der Waals surface area contributed by atoms with E-state index < -0.39 is 0 Å². The number of azo groups is 1. The predicted molar refractivity (Wildman–Crippen MR) is 48.3 cm³/mol. The first-order valence-corrected chi connectivity index (χ1v) is 4.44. The lowest BCUT2D eigenvalue weighted by atomic mass is 10.0. The van der Waals surface area contributed by atoms with Crippen LogP contribution in [0.1, 0.15) is 27.2 Å². The van der Waals surface area contributed by atoms with E-state index in [1.807, 2.05) is 13.8 Å². The molecule has 1 heterocycles. The molecule has 1 unspecified atom stereocenters. The minimum absolute atomic E-state index is 0.317. The first-order valence-electron chi connectivity index (χ1n) is 4.44. The Balaban J connectivity index is 2.71. The summed E-state index contributed by atoms with van der Waals surface area (Å²) in [6.07, 6.45) is 2.59. The molecule has 0 aromatic heterocycles. The zero-order valence-electron chi connectivity index (χ0n) is 8.20. The zero-order chi connectivity index (χ0) is 9.90. The third-order valence-corrected chi connectivity index (χ3v) is 2.03. The molecule has 0 aromatic rings. The van der Waals surface area contributed by atoms with Gasteiger partial charge in [0.25, 0.3) is 0 Å². The Morgan fingerprint density at radius 1 is 1.62 bits per heavy atom. The molecular formula is C9H14N2O2. The largest absolute Gasteiger partial charge is 0.461 e. The lowest BCUT2D eigenvalue weighted by molar-refractivity contribution is -0.138. The Kier molecular flexibility index (Phi) is 2.80. The molecule has 13 heavy (non-hydrogen) atoms. The molecule has 0 aliphatic carbocycles. The van der Waals surface area contributed by atoms with E-state index in [0.717, 1.165) is 6.42 Å². The fourth-order valence-electron chi connectivity index (χ4n) is 0.998. The number of esters is 1. The van der Waals surface area contributed by atoms with Gasteiger partial charge in [0.1, 0.15) is 0 Å². The van der Waals surface area contributed by atoms with E-state index in [2.05, 4.69) is 10.2 Å². The molecular weight excluding hydrogens is 168 g/mol. The van der Waals surface area contributed by atoms with Crippen LogP contribution in [0.4, 0.5) is 0 Å². The molecule has 0 fully saturated rings. The van der Waals surface area contributed by atoms with E-state index in [1.54, 1.807) is 13.0 Å². The lowest BCUT2D eigenvalue weighted by Crippen LogP contribution is -2.14. The lowest BCUT2D eigenvalue weighted by Gasteiger charge is -2.11. The van der Waals surface area contributed by atoms with Gasteiger partial charge in [-0.1, -0.05) is 6.92 Å². The van der Waals surface area contributed by atoms with E-state index in [9.17, 15) is 4.79 Å². The van der Waals surface area contributed by atoms with E-state index in [4.69, 9.17) is 4.74 Å². The topological polar surface area (TPSA) is 51.0 Å². The summed E-state index contributed by atoms with van der Waals surface area (Å²) in [5, 5.41) is 7.79. The van der Waals surface area contributed by atoms with Crippen molar-refractivity contribution in [2.75, 3.05) is 6.61 Å². The number of ether oxygens (including phenoxy) is 1. The van der Waals surface area contributed by atoms with Crippen molar-refractivity contribution >= 4 is 5.97 Å². The van der Waals surface area contributed by atoms with Gasteiger partial charge >= 0.3 is 5.97 Å². The van der Waals surface area contributed by atoms with Gasteiger partial charge in [0.2, 0.25) is 0 Å². The Labute approximate surface area is 77.7 Å². The zero-order valence-corrected chi connectivity index (χ0v) is 8.20. The molecule has 0 N–H and O–H groups in total. The van der Waals surface area contributed by atoms with Gasteiger partial charge in [-0.3, -0.25) is 0 Å².